The number of rotatable bonds is 3. The number of benzene rings is 1. The lowest BCUT2D eigenvalue weighted by molar-refractivity contribution is -0.120. The number of aromatic nitrogens is 1. The van der Waals surface area contributed by atoms with Crippen molar-refractivity contribution in [2.24, 2.45) is 0 Å². The van der Waals surface area contributed by atoms with E-state index in [9.17, 15) is 4.79 Å². The number of piperazine rings is 1. The summed E-state index contributed by atoms with van der Waals surface area (Å²) in [5.41, 5.74) is 3.64. The number of hydrogen-bond acceptors (Lipinski definition) is 5. The van der Waals surface area contributed by atoms with Crippen molar-refractivity contribution in [1.82, 2.24) is 15.2 Å². The number of nitrogens with zero attached hydrogens (tertiary/aromatic N) is 2. The van der Waals surface area contributed by atoms with Crippen LogP contribution in [0.1, 0.15) is 6.92 Å². The Kier molecular flexibility index (Phi) is 3.95. The van der Waals surface area contributed by atoms with E-state index in [2.05, 4.69) is 20.5 Å². The summed E-state index contributed by atoms with van der Waals surface area (Å²) in [4.78, 5) is 18.7. The predicted molar refractivity (Wildman–Crippen MR) is 82.2 cm³/mol. The zero-order valence-electron chi connectivity index (χ0n) is 11.4. The van der Waals surface area contributed by atoms with Gasteiger partial charge in [0.1, 0.15) is 0 Å². The highest BCUT2D eigenvalue weighted by Gasteiger charge is 2.22. The molecule has 3 rings (SSSR count). The number of nitrogens with one attached hydrogen (secondary N) is 2. The van der Waals surface area contributed by atoms with Crippen molar-refractivity contribution in [2.75, 3.05) is 31.5 Å². The Morgan fingerprint density at radius 3 is 3.05 bits per heavy atom. The van der Waals surface area contributed by atoms with Gasteiger partial charge in [-0.1, -0.05) is 0 Å². The molecule has 1 unspecified atom stereocenters. The Balaban J connectivity index is 1.67. The SMILES string of the molecule is CC(C(=O)Nc1ccc2ncsc2c1)N1CCNCC1. The molecule has 1 aromatic carbocycles. The van der Waals surface area contributed by atoms with Crippen LogP contribution in [0.4, 0.5) is 5.69 Å². The lowest BCUT2D eigenvalue weighted by Crippen LogP contribution is -2.51. The second-order valence-corrected chi connectivity index (χ2v) is 5.87. The standard InChI is InChI=1S/C14H18N4OS/c1-10(18-6-4-15-5-7-18)14(19)17-11-2-3-12-13(8-11)20-9-16-12/h2-3,8-10,15H,4-7H2,1H3,(H,17,19). The third-order valence-electron chi connectivity index (χ3n) is 3.68. The zero-order valence-corrected chi connectivity index (χ0v) is 12.2. The van der Waals surface area contributed by atoms with Gasteiger partial charge >= 0.3 is 0 Å². The molecule has 1 aliphatic rings. The van der Waals surface area contributed by atoms with Crippen LogP contribution in [0.5, 0.6) is 0 Å². The van der Waals surface area contributed by atoms with Crippen LogP contribution in [0.3, 0.4) is 0 Å². The maximum Gasteiger partial charge on any atom is 0.241 e. The molecule has 2 aromatic rings. The summed E-state index contributed by atoms with van der Waals surface area (Å²) in [5, 5.41) is 6.30. The number of carbonyl (C=O) groups is 1. The Labute approximate surface area is 122 Å². The molecule has 20 heavy (non-hydrogen) atoms. The molecule has 0 spiro atoms. The molecule has 1 atom stereocenters. The van der Waals surface area contributed by atoms with Crippen molar-refractivity contribution in [1.29, 1.82) is 0 Å². The summed E-state index contributed by atoms with van der Waals surface area (Å²) in [6, 6.07) is 5.73. The van der Waals surface area contributed by atoms with Crippen molar-refractivity contribution in [3.05, 3.63) is 23.7 Å². The second-order valence-electron chi connectivity index (χ2n) is 4.99. The van der Waals surface area contributed by atoms with Crippen LogP contribution in [-0.4, -0.2) is 48.0 Å². The van der Waals surface area contributed by atoms with Crippen molar-refractivity contribution in [3.8, 4) is 0 Å². The molecule has 5 nitrogen and oxygen atoms in total. The normalized spacial score (nSPS) is 18.1. The van der Waals surface area contributed by atoms with E-state index < -0.39 is 0 Å². The molecule has 1 saturated heterocycles. The molecule has 0 aliphatic carbocycles. The smallest absolute Gasteiger partial charge is 0.241 e. The van der Waals surface area contributed by atoms with E-state index in [4.69, 9.17) is 0 Å². The average molecular weight is 290 g/mol. The number of amides is 1. The maximum absolute atomic E-state index is 12.3. The first kappa shape index (κ1) is 13.5. The average Bonchev–Trinajstić information content (AvgIpc) is 2.95. The molecule has 2 heterocycles. The van der Waals surface area contributed by atoms with Crippen LogP contribution in [0.25, 0.3) is 10.2 Å². The summed E-state index contributed by atoms with van der Waals surface area (Å²) in [5.74, 6) is 0.0516. The van der Waals surface area contributed by atoms with Gasteiger partial charge in [-0.05, 0) is 25.1 Å². The van der Waals surface area contributed by atoms with Gasteiger partial charge in [-0.3, -0.25) is 9.69 Å². The first-order valence-corrected chi connectivity index (χ1v) is 7.71. The van der Waals surface area contributed by atoms with E-state index in [-0.39, 0.29) is 11.9 Å². The fraction of sp³-hybridized carbons (Fsp3) is 0.429. The molecule has 2 N–H and O–H groups in total. The van der Waals surface area contributed by atoms with Gasteiger partial charge in [-0.2, -0.15) is 0 Å². The van der Waals surface area contributed by atoms with Crippen LogP contribution >= 0.6 is 11.3 Å². The molecule has 0 saturated carbocycles. The molecule has 106 valence electrons. The number of fused-ring (bicyclic) bond motifs is 1. The highest BCUT2D eigenvalue weighted by atomic mass is 32.1. The van der Waals surface area contributed by atoms with E-state index in [0.29, 0.717) is 0 Å². The summed E-state index contributed by atoms with van der Waals surface area (Å²) in [6.45, 7) is 5.70. The molecule has 0 bridgehead atoms. The summed E-state index contributed by atoms with van der Waals surface area (Å²) >= 11 is 1.58. The van der Waals surface area contributed by atoms with Crippen LogP contribution in [0.15, 0.2) is 23.7 Å². The van der Waals surface area contributed by atoms with Gasteiger partial charge < -0.3 is 10.6 Å². The number of hydrogen-bond donors (Lipinski definition) is 2. The molecule has 0 radical (unpaired) electrons. The van der Waals surface area contributed by atoms with Crippen LogP contribution in [0.2, 0.25) is 0 Å². The molecule has 1 amide bonds. The summed E-state index contributed by atoms with van der Waals surface area (Å²) in [7, 11) is 0. The third-order valence-corrected chi connectivity index (χ3v) is 4.47. The van der Waals surface area contributed by atoms with Crippen molar-refractivity contribution in [3.63, 3.8) is 0 Å². The van der Waals surface area contributed by atoms with Crippen molar-refractivity contribution >= 4 is 33.1 Å². The number of anilines is 1. The maximum atomic E-state index is 12.3. The Morgan fingerprint density at radius 1 is 1.45 bits per heavy atom. The molecule has 6 heteroatoms. The lowest BCUT2D eigenvalue weighted by Gasteiger charge is -2.31. The van der Waals surface area contributed by atoms with E-state index >= 15 is 0 Å². The van der Waals surface area contributed by atoms with Crippen LogP contribution in [0, 0.1) is 0 Å². The zero-order chi connectivity index (χ0) is 13.9. The highest BCUT2D eigenvalue weighted by Crippen LogP contribution is 2.22. The Hall–Kier alpha value is -1.50. The quantitative estimate of drug-likeness (QED) is 0.900. The van der Waals surface area contributed by atoms with E-state index in [1.54, 1.807) is 11.3 Å². The van der Waals surface area contributed by atoms with Gasteiger partial charge in [0.05, 0.1) is 21.8 Å². The fourth-order valence-corrected chi connectivity index (χ4v) is 3.13. The molecule has 1 fully saturated rings. The number of thiazole rings is 1. The number of carbonyl (C=O) groups excluding carboxylic acids is 1. The molecular weight excluding hydrogens is 272 g/mol. The van der Waals surface area contributed by atoms with Gasteiger partial charge in [0, 0.05) is 31.9 Å². The van der Waals surface area contributed by atoms with Crippen LogP contribution < -0.4 is 10.6 Å². The lowest BCUT2D eigenvalue weighted by atomic mass is 10.2. The van der Waals surface area contributed by atoms with E-state index in [1.807, 2.05) is 30.6 Å². The van der Waals surface area contributed by atoms with Gasteiger partial charge in [0.2, 0.25) is 5.91 Å². The largest absolute Gasteiger partial charge is 0.325 e. The van der Waals surface area contributed by atoms with Gasteiger partial charge in [0.15, 0.2) is 0 Å². The predicted octanol–water partition coefficient (Wildman–Crippen LogP) is 1.53. The van der Waals surface area contributed by atoms with Gasteiger partial charge in [0.25, 0.3) is 0 Å². The molecule has 1 aliphatic heterocycles. The Bertz CT molecular complexity index is 606. The highest BCUT2D eigenvalue weighted by molar-refractivity contribution is 7.16. The molecular formula is C14H18N4OS. The summed E-state index contributed by atoms with van der Waals surface area (Å²) in [6.07, 6.45) is 0. The minimum Gasteiger partial charge on any atom is -0.325 e. The summed E-state index contributed by atoms with van der Waals surface area (Å²) < 4.78 is 1.10. The van der Waals surface area contributed by atoms with Gasteiger partial charge in [-0.15, -0.1) is 11.3 Å². The third kappa shape index (κ3) is 2.82. The van der Waals surface area contributed by atoms with Crippen molar-refractivity contribution < 1.29 is 4.79 Å². The fourth-order valence-electron chi connectivity index (χ4n) is 2.41. The van der Waals surface area contributed by atoms with Crippen molar-refractivity contribution in [2.45, 2.75) is 13.0 Å². The first-order chi connectivity index (χ1) is 9.74. The monoisotopic (exact) mass is 290 g/mol. The van der Waals surface area contributed by atoms with Crippen LogP contribution in [-0.2, 0) is 4.79 Å². The minimum atomic E-state index is -0.103. The molecule has 1 aromatic heterocycles. The Morgan fingerprint density at radius 2 is 2.25 bits per heavy atom. The van der Waals surface area contributed by atoms with Gasteiger partial charge in [-0.25, -0.2) is 4.98 Å². The van der Waals surface area contributed by atoms with E-state index in [0.717, 1.165) is 42.1 Å². The second kappa shape index (κ2) is 5.87. The topological polar surface area (TPSA) is 57.3 Å². The minimum absolute atomic E-state index is 0.0516. The van der Waals surface area contributed by atoms with E-state index in [1.165, 1.54) is 0 Å². The first-order valence-electron chi connectivity index (χ1n) is 6.83.